The summed E-state index contributed by atoms with van der Waals surface area (Å²) in [4.78, 5) is 12.9. The van der Waals surface area contributed by atoms with E-state index in [2.05, 4.69) is 10.0 Å². The Morgan fingerprint density at radius 2 is 1.60 bits per heavy atom. The first-order valence-corrected chi connectivity index (χ1v) is 10.9. The van der Waals surface area contributed by atoms with Crippen molar-refractivity contribution in [2.24, 2.45) is 0 Å². The molecule has 0 aliphatic rings. The van der Waals surface area contributed by atoms with Crippen molar-refractivity contribution < 1.29 is 17.6 Å². The summed E-state index contributed by atoms with van der Waals surface area (Å²) in [5, 5.41) is 2.79. The topological polar surface area (TPSA) is 75.3 Å². The third-order valence-electron chi connectivity index (χ3n) is 4.79. The molecule has 1 atom stereocenters. The molecule has 5 nitrogen and oxygen atoms in total. The van der Waals surface area contributed by atoms with Crippen molar-refractivity contribution in [2.45, 2.75) is 31.2 Å². The number of sulfonamides is 1. The van der Waals surface area contributed by atoms with E-state index in [0.29, 0.717) is 5.69 Å². The normalized spacial score (nSPS) is 12.4. The van der Waals surface area contributed by atoms with Crippen LogP contribution in [0.4, 0.5) is 10.1 Å². The largest absolute Gasteiger partial charge is 0.325 e. The van der Waals surface area contributed by atoms with Crippen molar-refractivity contribution in [2.75, 3.05) is 5.32 Å². The third kappa shape index (κ3) is 5.52. The monoisotopic (exact) mass is 426 g/mol. The minimum atomic E-state index is -4.03. The van der Waals surface area contributed by atoms with Crippen LogP contribution < -0.4 is 10.0 Å². The fourth-order valence-electron chi connectivity index (χ4n) is 2.96. The number of rotatable bonds is 7. The maximum atomic E-state index is 13.2. The van der Waals surface area contributed by atoms with Gasteiger partial charge in [-0.1, -0.05) is 36.4 Å². The van der Waals surface area contributed by atoms with Crippen LogP contribution in [0.3, 0.4) is 0 Å². The van der Waals surface area contributed by atoms with E-state index in [-0.39, 0.29) is 11.3 Å². The second kappa shape index (κ2) is 9.19. The van der Waals surface area contributed by atoms with Crippen molar-refractivity contribution in [3.05, 3.63) is 95.3 Å². The van der Waals surface area contributed by atoms with E-state index in [0.717, 1.165) is 28.8 Å². The Kier molecular flexibility index (Phi) is 6.64. The van der Waals surface area contributed by atoms with Crippen LogP contribution in [0.5, 0.6) is 0 Å². The van der Waals surface area contributed by atoms with Gasteiger partial charge < -0.3 is 5.32 Å². The molecule has 30 heavy (non-hydrogen) atoms. The summed E-state index contributed by atoms with van der Waals surface area (Å²) >= 11 is 0. The number of carbonyl (C=O) groups excluding carboxylic acids is 1. The Morgan fingerprint density at radius 3 is 2.23 bits per heavy atom. The maximum absolute atomic E-state index is 13.2. The lowest BCUT2D eigenvalue weighted by molar-refractivity contribution is -0.117. The van der Waals surface area contributed by atoms with Crippen LogP contribution in [-0.2, 0) is 21.2 Å². The highest BCUT2D eigenvalue weighted by molar-refractivity contribution is 7.89. The fourth-order valence-corrected chi connectivity index (χ4v) is 4.15. The molecule has 2 N–H and O–H groups in total. The van der Waals surface area contributed by atoms with Gasteiger partial charge in [0.25, 0.3) is 0 Å². The Bertz CT molecular complexity index is 1130. The number of hydrogen-bond acceptors (Lipinski definition) is 3. The standard InChI is InChI=1S/C23H23FN2O3S/c1-16-8-11-20(14-17(16)2)25-23(27)22(15-18-6-4-3-5-7-18)26-30(28,29)21-12-9-19(24)10-13-21/h3-14,22,26H,15H2,1-2H3,(H,25,27). The van der Waals surface area contributed by atoms with Crippen LogP contribution in [0.1, 0.15) is 16.7 Å². The summed E-state index contributed by atoms with van der Waals surface area (Å²) in [7, 11) is -4.03. The molecule has 0 aromatic heterocycles. The highest BCUT2D eigenvalue weighted by atomic mass is 32.2. The first-order valence-electron chi connectivity index (χ1n) is 9.44. The average Bonchev–Trinajstić information content (AvgIpc) is 2.71. The first kappa shape index (κ1) is 21.7. The summed E-state index contributed by atoms with van der Waals surface area (Å²) in [5.74, 6) is -1.02. The number of halogens is 1. The van der Waals surface area contributed by atoms with Crippen LogP contribution in [0, 0.1) is 19.7 Å². The van der Waals surface area contributed by atoms with E-state index in [1.54, 1.807) is 6.07 Å². The molecule has 1 amide bonds. The van der Waals surface area contributed by atoms with E-state index in [1.165, 1.54) is 12.1 Å². The minimum absolute atomic E-state index is 0.110. The molecule has 156 valence electrons. The summed E-state index contributed by atoms with van der Waals surface area (Å²) in [6.07, 6.45) is 0.165. The molecule has 0 saturated carbocycles. The van der Waals surface area contributed by atoms with Crippen LogP contribution in [0.25, 0.3) is 0 Å². The van der Waals surface area contributed by atoms with Gasteiger partial charge in [0.05, 0.1) is 4.90 Å². The van der Waals surface area contributed by atoms with Crippen molar-refractivity contribution >= 4 is 21.6 Å². The van der Waals surface area contributed by atoms with E-state index < -0.39 is 27.8 Å². The molecule has 0 fully saturated rings. The smallest absolute Gasteiger partial charge is 0.242 e. The molecule has 0 radical (unpaired) electrons. The molecule has 0 aliphatic heterocycles. The van der Waals surface area contributed by atoms with Gasteiger partial charge in [0.15, 0.2) is 0 Å². The van der Waals surface area contributed by atoms with Crippen LogP contribution in [0.15, 0.2) is 77.7 Å². The highest BCUT2D eigenvalue weighted by Crippen LogP contribution is 2.16. The first-order chi connectivity index (χ1) is 14.2. The maximum Gasteiger partial charge on any atom is 0.242 e. The molecule has 0 spiro atoms. The van der Waals surface area contributed by atoms with Crippen molar-refractivity contribution in [3.8, 4) is 0 Å². The molecule has 0 heterocycles. The molecular weight excluding hydrogens is 403 g/mol. The lowest BCUT2D eigenvalue weighted by Gasteiger charge is -2.19. The molecule has 0 aliphatic carbocycles. The van der Waals surface area contributed by atoms with Crippen LogP contribution in [-0.4, -0.2) is 20.4 Å². The van der Waals surface area contributed by atoms with Gasteiger partial charge in [0.1, 0.15) is 11.9 Å². The van der Waals surface area contributed by atoms with Gasteiger partial charge in [-0.15, -0.1) is 0 Å². The number of amides is 1. The van der Waals surface area contributed by atoms with Gasteiger partial charge in [0.2, 0.25) is 15.9 Å². The van der Waals surface area contributed by atoms with Gasteiger partial charge in [-0.2, -0.15) is 4.72 Å². The van der Waals surface area contributed by atoms with Crippen molar-refractivity contribution in [1.82, 2.24) is 4.72 Å². The van der Waals surface area contributed by atoms with Crippen LogP contribution >= 0.6 is 0 Å². The molecule has 3 rings (SSSR count). The third-order valence-corrected chi connectivity index (χ3v) is 6.28. The highest BCUT2D eigenvalue weighted by Gasteiger charge is 2.26. The quantitative estimate of drug-likeness (QED) is 0.600. The van der Waals surface area contributed by atoms with Gasteiger partial charge in [0, 0.05) is 5.69 Å². The number of hydrogen-bond donors (Lipinski definition) is 2. The summed E-state index contributed by atoms with van der Waals surface area (Å²) in [6.45, 7) is 3.90. The number of carbonyl (C=O) groups is 1. The van der Waals surface area contributed by atoms with Gasteiger partial charge >= 0.3 is 0 Å². The van der Waals surface area contributed by atoms with E-state index in [1.807, 2.05) is 56.3 Å². The Labute approximate surface area is 176 Å². The van der Waals surface area contributed by atoms with Gasteiger partial charge in [-0.05, 0) is 73.4 Å². The summed E-state index contributed by atoms with van der Waals surface area (Å²) in [5.41, 5.74) is 3.49. The predicted molar refractivity (Wildman–Crippen MR) is 115 cm³/mol. The van der Waals surface area contributed by atoms with E-state index >= 15 is 0 Å². The number of aryl methyl sites for hydroxylation is 2. The second-order valence-corrected chi connectivity index (χ2v) is 8.82. The zero-order valence-electron chi connectivity index (χ0n) is 16.7. The number of anilines is 1. The Morgan fingerprint density at radius 1 is 0.933 bits per heavy atom. The predicted octanol–water partition coefficient (Wildman–Crippen LogP) is 3.97. The molecule has 7 heteroatoms. The zero-order chi connectivity index (χ0) is 21.7. The Hall–Kier alpha value is -3.03. The van der Waals surface area contributed by atoms with E-state index in [4.69, 9.17) is 0 Å². The Balaban J connectivity index is 1.86. The number of nitrogens with one attached hydrogen (secondary N) is 2. The summed E-state index contributed by atoms with van der Waals surface area (Å²) < 4.78 is 41.2. The summed E-state index contributed by atoms with van der Waals surface area (Å²) in [6, 6.07) is 18.0. The fraction of sp³-hybridized carbons (Fsp3) is 0.174. The van der Waals surface area contributed by atoms with E-state index in [9.17, 15) is 17.6 Å². The molecule has 0 bridgehead atoms. The molecule has 1 unspecified atom stereocenters. The lowest BCUT2D eigenvalue weighted by Crippen LogP contribution is -2.45. The second-order valence-electron chi connectivity index (χ2n) is 7.11. The van der Waals surface area contributed by atoms with Crippen LogP contribution in [0.2, 0.25) is 0 Å². The SMILES string of the molecule is Cc1ccc(NC(=O)C(Cc2ccccc2)NS(=O)(=O)c2ccc(F)cc2)cc1C. The van der Waals surface area contributed by atoms with Crippen molar-refractivity contribution in [3.63, 3.8) is 0 Å². The molecular formula is C23H23FN2O3S. The minimum Gasteiger partial charge on any atom is -0.325 e. The molecule has 3 aromatic rings. The molecule has 0 saturated heterocycles. The van der Waals surface area contributed by atoms with Gasteiger partial charge in [-0.3, -0.25) is 4.79 Å². The number of benzene rings is 3. The van der Waals surface area contributed by atoms with Crippen molar-refractivity contribution in [1.29, 1.82) is 0 Å². The zero-order valence-corrected chi connectivity index (χ0v) is 17.5. The lowest BCUT2D eigenvalue weighted by atomic mass is 10.1. The molecule has 3 aromatic carbocycles. The average molecular weight is 427 g/mol. The van der Waals surface area contributed by atoms with Gasteiger partial charge in [-0.25, -0.2) is 12.8 Å².